The van der Waals surface area contributed by atoms with Crippen LogP contribution in [0.25, 0.3) is 0 Å². The third-order valence-electron chi connectivity index (χ3n) is 5.45. The van der Waals surface area contributed by atoms with Gasteiger partial charge in [-0.25, -0.2) is 13.1 Å². The fourth-order valence-corrected chi connectivity index (χ4v) is 5.40. The van der Waals surface area contributed by atoms with E-state index in [-0.39, 0.29) is 24.0 Å². The van der Waals surface area contributed by atoms with Crippen molar-refractivity contribution in [1.82, 2.24) is 9.62 Å². The van der Waals surface area contributed by atoms with Gasteiger partial charge < -0.3 is 23.8 Å². The number of hydrogen-bond acceptors (Lipinski definition) is 7. The van der Waals surface area contributed by atoms with Crippen LogP contribution in [0.2, 0.25) is 0 Å². The zero-order chi connectivity index (χ0) is 21.3. The second-order valence-corrected chi connectivity index (χ2v) is 9.07. The highest BCUT2D eigenvalue weighted by atomic mass is 32.2. The number of benzene rings is 2. The maximum absolute atomic E-state index is 13.3. The maximum Gasteiger partial charge on any atom is 0.244 e. The van der Waals surface area contributed by atoms with Crippen LogP contribution < -0.4 is 23.7 Å². The van der Waals surface area contributed by atoms with Gasteiger partial charge in [0.05, 0.1) is 14.2 Å². The predicted octanol–water partition coefficient (Wildman–Crippen LogP) is 1.94. The van der Waals surface area contributed by atoms with Gasteiger partial charge in [-0.1, -0.05) is 12.1 Å². The molecule has 0 aliphatic carbocycles. The summed E-state index contributed by atoms with van der Waals surface area (Å²) in [5.74, 6) is 1.93. The van der Waals surface area contributed by atoms with E-state index in [4.69, 9.17) is 18.9 Å². The quantitative estimate of drug-likeness (QED) is 0.713. The molecule has 30 heavy (non-hydrogen) atoms. The van der Waals surface area contributed by atoms with Crippen molar-refractivity contribution in [3.63, 3.8) is 0 Å². The number of fused-ring (bicyclic) bond motifs is 2. The van der Waals surface area contributed by atoms with E-state index in [1.54, 1.807) is 14.2 Å². The van der Waals surface area contributed by atoms with Gasteiger partial charge in [-0.05, 0) is 43.1 Å². The van der Waals surface area contributed by atoms with Gasteiger partial charge in [-0.15, -0.1) is 0 Å². The van der Waals surface area contributed by atoms with Gasteiger partial charge in [-0.3, -0.25) is 0 Å². The van der Waals surface area contributed by atoms with Gasteiger partial charge in [0.1, 0.15) is 10.6 Å². The second kappa shape index (κ2) is 8.33. The Bertz CT molecular complexity index is 1040. The van der Waals surface area contributed by atoms with E-state index in [0.29, 0.717) is 30.9 Å². The predicted molar refractivity (Wildman–Crippen MR) is 111 cm³/mol. The molecule has 0 radical (unpaired) electrons. The van der Waals surface area contributed by atoms with Crippen molar-refractivity contribution in [3.05, 3.63) is 41.0 Å². The van der Waals surface area contributed by atoms with Crippen molar-refractivity contribution in [2.75, 3.05) is 41.1 Å². The van der Waals surface area contributed by atoms with Gasteiger partial charge in [-0.2, -0.15) is 0 Å². The zero-order valence-electron chi connectivity index (χ0n) is 17.4. The van der Waals surface area contributed by atoms with Crippen LogP contribution in [0.5, 0.6) is 23.0 Å². The van der Waals surface area contributed by atoms with Crippen molar-refractivity contribution in [2.24, 2.45) is 0 Å². The van der Waals surface area contributed by atoms with E-state index in [9.17, 15) is 8.42 Å². The fourth-order valence-electron chi connectivity index (χ4n) is 3.94. The monoisotopic (exact) mass is 434 g/mol. The highest BCUT2D eigenvalue weighted by Gasteiger charge is 2.37. The summed E-state index contributed by atoms with van der Waals surface area (Å²) in [7, 11) is 1.36. The number of sulfonamides is 1. The van der Waals surface area contributed by atoms with Crippen LogP contribution in [0.4, 0.5) is 0 Å². The molecule has 8 nitrogen and oxygen atoms in total. The third-order valence-corrected chi connectivity index (χ3v) is 7.00. The number of methoxy groups -OCH3 is 2. The van der Waals surface area contributed by atoms with E-state index < -0.39 is 10.0 Å². The van der Waals surface area contributed by atoms with E-state index in [2.05, 4.69) is 9.62 Å². The van der Waals surface area contributed by atoms with Crippen LogP contribution in [0.15, 0.2) is 29.2 Å². The maximum atomic E-state index is 13.3. The first-order chi connectivity index (χ1) is 14.4. The SMILES string of the molecule is COc1ccc(CCNS(=O)(=O)c2c3c(c(OC)c4c2OCO4)CN(C)CC3)cc1. The zero-order valence-corrected chi connectivity index (χ0v) is 18.2. The largest absolute Gasteiger partial charge is 0.497 e. The lowest BCUT2D eigenvalue weighted by Crippen LogP contribution is -2.32. The molecule has 0 amide bonds. The number of ether oxygens (including phenoxy) is 4. The topological polar surface area (TPSA) is 86.3 Å². The summed E-state index contributed by atoms with van der Waals surface area (Å²) in [5, 5.41) is 0. The number of rotatable bonds is 7. The molecule has 9 heteroatoms. The number of likely N-dealkylation sites (N-methyl/N-ethyl adjacent to an activating group) is 1. The minimum absolute atomic E-state index is 0.0290. The summed E-state index contributed by atoms with van der Waals surface area (Å²) in [4.78, 5) is 2.30. The summed E-state index contributed by atoms with van der Waals surface area (Å²) in [6.07, 6.45) is 1.15. The Morgan fingerprint density at radius 1 is 1.07 bits per heavy atom. The van der Waals surface area contributed by atoms with Crippen molar-refractivity contribution in [2.45, 2.75) is 24.3 Å². The second-order valence-electron chi connectivity index (χ2n) is 7.37. The summed E-state index contributed by atoms with van der Waals surface area (Å²) in [5.41, 5.74) is 2.60. The normalized spacial score (nSPS) is 15.7. The number of nitrogens with one attached hydrogen (secondary N) is 1. The molecule has 1 N–H and O–H groups in total. The number of nitrogens with zero attached hydrogens (tertiary/aromatic N) is 1. The van der Waals surface area contributed by atoms with Gasteiger partial charge in [0.2, 0.25) is 22.6 Å². The molecule has 2 aliphatic rings. The summed E-state index contributed by atoms with van der Waals surface area (Å²) in [6.45, 7) is 1.58. The molecule has 0 unspecified atom stereocenters. The number of hydrogen-bond donors (Lipinski definition) is 1. The Kier molecular flexibility index (Phi) is 5.77. The molecule has 4 rings (SSSR count). The van der Waals surface area contributed by atoms with Gasteiger partial charge in [0.15, 0.2) is 11.5 Å². The highest BCUT2D eigenvalue weighted by molar-refractivity contribution is 7.89. The average molecular weight is 435 g/mol. The van der Waals surface area contributed by atoms with Crippen LogP contribution >= 0.6 is 0 Å². The van der Waals surface area contributed by atoms with Crippen LogP contribution in [0.1, 0.15) is 16.7 Å². The first-order valence-electron chi connectivity index (χ1n) is 9.77. The first kappa shape index (κ1) is 20.8. The van der Waals surface area contributed by atoms with Crippen LogP contribution in [0.3, 0.4) is 0 Å². The van der Waals surface area contributed by atoms with Crippen LogP contribution in [-0.2, 0) is 29.4 Å². The molecule has 2 aliphatic heterocycles. The van der Waals surface area contributed by atoms with Crippen molar-refractivity contribution < 1.29 is 27.4 Å². The smallest absolute Gasteiger partial charge is 0.244 e. The summed E-state index contributed by atoms with van der Waals surface area (Å²) >= 11 is 0. The minimum atomic E-state index is -3.81. The van der Waals surface area contributed by atoms with Gasteiger partial charge >= 0.3 is 0 Å². The molecule has 0 fully saturated rings. The lowest BCUT2D eigenvalue weighted by Gasteiger charge is -2.29. The van der Waals surface area contributed by atoms with E-state index in [1.807, 2.05) is 31.3 Å². The van der Waals surface area contributed by atoms with Crippen molar-refractivity contribution in [1.29, 1.82) is 0 Å². The molecule has 162 valence electrons. The lowest BCUT2D eigenvalue weighted by molar-refractivity contribution is 0.169. The molecule has 0 aromatic heterocycles. The molecule has 0 saturated carbocycles. The van der Waals surface area contributed by atoms with E-state index in [0.717, 1.165) is 29.0 Å². The van der Waals surface area contributed by atoms with E-state index >= 15 is 0 Å². The molecular formula is C21H26N2O6S. The summed E-state index contributed by atoms with van der Waals surface area (Å²) in [6, 6.07) is 7.57. The lowest BCUT2D eigenvalue weighted by atomic mass is 9.97. The van der Waals surface area contributed by atoms with Crippen molar-refractivity contribution >= 4 is 10.0 Å². The molecule has 0 bridgehead atoms. The Hall–Kier alpha value is -2.49. The molecule has 0 spiro atoms. The highest BCUT2D eigenvalue weighted by Crippen LogP contribution is 2.51. The Morgan fingerprint density at radius 2 is 1.80 bits per heavy atom. The Labute approximate surface area is 176 Å². The summed E-state index contributed by atoms with van der Waals surface area (Å²) < 4.78 is 51.3. The fraction of sp³-hybridized carbons (Fsp3) is 0.429. The average Bonchev–Trinajstić information content (AvgIpc) is 3.21. The Morgan fingerprint density at radius 3 is 2.50 bits per heavy atom. The minimum Gasteiger partial charge on any atom is -0.497 e. The van der Waals surface area contributed by atoms with Gasteiger partial charge in [0, 0.05) is 25.2 Å². The standard InChI is InChI=1S/C21H26N2O6S/c1-23-11-9-16-17(12-23)18(27-3)19-20(29-13-28-19)21(16)30(24,25)22-10-8-14-4-6-15(26-2)7-5-14/h4-7,22H,8-13H2,1-3H3. The molecule has 0 saturated heterocycles. The first-order valence-corrected chi connectivity index (χ1v) is 11.3. The van der Waals surface area contributed by atoms with Crippen LogP contribution in [-0.4, -0.2) is 54.5 Å². The molecule has 2 aromatic rings. The molecule has 0 atom stereocenters. The Balaban J connectivity index is 1.63. The molecular weight excluding hydrogens is 408 g/mol. The van der Waals surface area contributed by atoms with E-state index in [1.165, 1.54) is 0 Å². The van der Waals surface area contributed by atoms with Crippen LogP contribution in [0, 0.1) is 0 Å². The third kappa shape index (κ3) is 3.80. The van der Waals surface area contributed by atoms with Crippen molar-refractivity contribution in [3.8, 4) is 23.0 Å². The van der Waals surface area contributed by atoms with Gasteiger partial charge in [0.25, 0.3) is 0 Å². The molecule has 2 heterocycles. The molecule has 2 aromatic carbocycles.